The second kappa shape index (κ2) is 21.5. The number of nitrogens with zero attached hydrogens (tertiary/aromatic N) is 1. The zero-order valence-electron chi connectivity index (χ0n) is 22.8. The molecule has 212 valence electrons. The molecule has 1 aromatic carbocycles. The number of nitrogens with one attached hydrogen (secondary N) is 2. The number of hydrogen-bond donors (Lipinski definition) is 2. The lowest BCUT2D eigenvalue weighted by Gasteiger charge is -2.23. The van der Waals surface area contributed by atoms with Crippen molar-refractivity contribution in [2.24, 2.45) is 0 Å². The van der Waals surface area contributed by atoms with Crippen molar-refractivity contribution in [1.29, 1.82) is 0 Å². The predicted octanol–water partition coefficient (Wildman–Crippen LogP) is 3.46. The van der Waals surface area contributed by atoms with Crippen LogP contribution in [0.3, 0.4) is 0 Å². The average Bonchev–Trinajstić information content (AvgIpc) is 2.89. The number of carbonyl (C=O) groups is 3. The van der Waals surface area contributed by atoms with Crippen molar-refractivity contribution in [3.05, 3.63) is 42.4 Å². The highest BCUT2D eigenvalue weighted by Gasteiger charge is 2.29. The van der Waals surface area contributed by atoms with Gasteiger partial charge in [-0.05, 0) is 39.3 Å². The lowest BCUT2D eigenvalue weighted by molar-refractivity contribution is -0.118. The first-order valence-electron chi connectivity index (χ1n) is 11.5. The minimum Gasteiger partial charge on any atom is -0.413 e. The molecule has 0 aliphatic rings. The van der Waals surface area contributed by atoms with Crippen LogP contribution in [0.15, 0.2) is 42.4 Å². The van der Waals surface area contributed by atoms with E-state index in [4.69, 9.17) is 18.5 Å². The molecule has 2 unspecified atom stereocenters. The largest absolute Gasteiger partial charge is 0.459 e. The van der Waals surface area contributed by atoms with Crippen LogP contribution in [0, 0.1) is 0 Å². The number of benzene rings is 1. The van der Waals surface area contributed by atoms with Crippen molar-refractivity contribution < 1.29 is 41.9 Å². The second-order valence-electron chi connectivity index (χ2n) is 7.63. The molecule has 0 saturated carbocycles. The summed E-state index contributed by atoms with van der Waals surface area (Å²) in [6.07, 6.45) is 2.73. The average molecular weight is 550 g/mol. The van der Waals surface area contributed by atoms with Gasteiger partial charge in [0.1, 0.15) is 12.0 Å². The SMILES string of the molecule is CCC(CO[P@@](=O)(NC(C)C=O)Oc1ccccc1)OC.CNC(=O)/C(F)=C\N(C)C=O.COC(C)C. The number of para-hydroxylation sites is 1. The summed E-state index contributed by atoms with van der Waals surface area (Å²) in [5.74, 6) is -1.45. The Morgan fingerprint density at radius 2 is 1.70 bits per heavy atom. The maximum atomic E-state index is 12.7. The molecular formula is C24H41FN3O8P. The van der Waals surface area contributed by atoms with E-state index in [1.54, 1.807) is 45.4 Å². The maximum Gasteiger partial charge on any atom is 0.459 e. The molecule has 1 aromatic rings. The third-order valence-corrected chi connectivity index (χ3v) is 5.82. The van der Waals surface area contributed by atoms with Crippen molar-refractivity contribution in [1.82, 2.24) is 15.3 Å². The van der Waals surface area contributed by atoms with Crippen molar-refractivity contribution in [2.45, 2.75) is 52.4 Å². The Bertz CT molecular complexity index is 839. The minimum absolute atomic E-state index is 0.107. The van der Waals surface area contributed by atoms with E-state index >= 15 is 0 Å². The standard InChI is InChI=1S/C14H22NO5P.C6H9FN2O2.C4H10O/c1-4-13(18-3)11-19-21(17,15-12(2)10-16)20-14-8-6-5-7-9-14;1-8-6(11)5(7)3-9(2)4-10;1-4(2)5-3/h5-10,12-13H,4,11H2,1-3H3,(H,15,17);3-4H,1-2H3,(H,8,11);4H,1-3H3/b;5-3+;/t12?,13?,21-;;/m0../s1. The van der Waals surface area contributed by atoms with E-state index in [1.165, 1.54) is 14.1 Å². The number of methoxy groups -OCH3 is 2. The van der Waals surface area contributed by atoms with Crippen LogP contribution in [-0.4, -0.2) is 76.7 Å². The summed E-state index contributed by atoms with van der Waals surface area (Å²) in [4.78, 5) is 32.1. The summed E-state index contributed by atoms with van der Waals surface area (Å²) in [7, 11) is 2.23. The summed E-state index contributed by atoms with van der Waals surface area (Å²) in [5, 5.41) is 4.65. The lowest BCUT2D eigenvalue weighted by atomic mass is 10.3. The monoisotopic (exact) mass is 549 g/mol. The molecule has 11 nitrogen and oxygen atoms in total. The number of carbonyl (C=O) groups excluding carboxylic acids is 3. The van der Waals surface area contributed by atoms with Crippen LogP contribution in [0.5, 0.6) is 5.75 Å². The second-order valence-corrected chi connectivity index (χ2v) is 9.32. The summed E-state index contributed by atoms with van der Waals surface area (Å²) in [6.45, 7) is 7.61. The van der Waals surface area contributed by atoms with Crippen LogP contribution < -0.4 is 14.9 Å². The van der Waals surface area contributed by atoms with Gasteiger partial charge in [0, 0.05) is 34.5 Å². The number of rotatable bonds is 14. The molecule has 0 aliphatic carbocycles. The fourth-order valence-corrected chi connectivity index (χ4v) is 3.41. The Morgan fingerprint density at radius 3 is 2.11 bits per heavy atom. The molecule has 3 atom stereocenters. The predicted molar refractivity (Wildman–Crippen MR) is 140 cm³/mol. The van der Waals surface area contributed by atoms with Crippen LogP contribution in [0.25, 0.3) is 0 Å². The summed E-state index contributed by atoms with van der Waals surface area (Å²) >= 11 is 0. The number of likely N-dealkylation sites (N-methyl/N-ethyl adjacent to an activating group) is 1. The number of aldehydes is 1. The molecule has 2 N–H and O–H groups in total. The van der Waals surface area contributed by atoms with E-state index in [1.807, 2.05) is 26.8 Å². The van der Waals surface area contributed by atoms with Gasteiger partial charge in [-0.15, -0.1) is 0 Å². The molecule has 1 rings (SSSR count). The molecule has 0 spiro atoms. The topological polar surface area (TPSA) is 132 Å². The van der Waals surface area contributed by atoms with Crippen molar-refractivity contribution >= 4 is 26.3 Å². The van der Waals surface area contributed by atoms with Gasteiger partial charge in [-0.1, -0.05) is 25.1 Å². The number of amides is 2. The Labute approximate surface area is 219 Å². The molecular weight excluding hydrogens is 508 g/mol. The van der Waals surface area contributed by atoms with E-state index in [0.29, 0.717) is 31.0 Å². The van der Waals surface area contributed by atoms with Gasteiger partial charge >= 0.3 is 7.75 Å². The summed E-state index contributed by atoms with van der Waals surface area (Å²) in [6, 6.07) is 8.01. The number of ether oxygens (including phenoxy) is 2. The van der Waals surface area contributed by atoms with Crippen molar-refractivity contribution in [3.8, 4) is 5.75 Å². The normalized spacial score (nSPS) is 13.9. The van der Waals surface area contributed by atoms with Crippen LogP contribution in [-0.2, 0) is 32.9 Å². The molecule has 0 bridgehead atoms. The van der Waals surface area contributed by atoms with Gasteiger partial charge in [-0.2, -0.15) is 4.39 Å². The maximum absolute atomic E-state index is 12.7. The number of hydrogen-bond acceptors (Lipinski definition) is 8. The zero-order valence-corrected chi connectivity index (χ0v) is 23.7. The summed E-state index contributed by atoms with van der Waals surface area (Å²) < 4.78 is 45.9. The first kappa shape index (κ1) is 36.5. The number of halogens is 1. The highest BCUT2D eigenvalue weighted by atomic mass is 31.2. The zero-order chi connectivity index (χ0) is 28.9. The third kappa shape index (κ3) is 19.2. The molecule has 0 aromatic heterocycles. The molecule has 0 heterocycles. The Hall–Kier alpha value is -2.63. The van der Waals surface area contributed by atoms with Crippen molar-refractivity contribution in [3.63, 3.8) is 0 Å². The Kier molecular flexibility index (Phi) is 21.2. The fourth-order valence-electron chi connectivity index (χ4n) is 1.91. The van der Waals surface area contributed by atoms with Gasteiger partial charge in [0.2, 0.25) is 12.2 Å². The van der Waals surface area contributed by atoms with E-state index < -0.39 is 25.5 Å². The lowest BCUT2D eigenvalue weighted by Crippen LogP contribution is -2.29. The van der Waals surface area contributed by atoms with E-state index in [0.717, 1.165) is 11.1 Å². The van der Waals surface area contributed by atoms with Gasteiger partial charge in [-0.25, -0.2) is 9.65 Å². The molecule has 2 amide bonds. The van der Waals surface area contributed by atoms with E-state index in [2.05, 4.69) is 10.4 Å². The Balaban J connectivity index is 0. The highest BCUT2D eigenvalue weighted by molar-refractivity contribution is 7.52. The molecule has 13 heteroatoms. The van der Waals surface area contributed by atoms with E-state index in [9.17, 15) is 23.3 Å². The summed E-state index contributed by atoms with van der Waals surface area (Å²) in [5.41, 5.74) is 0. The van der Waals surface area contributed by atoms with Gasteiger partial charge in [0.25, 0.3) is 5.91 Å². The van der Waals surface area contributed by atoms with Crippen LogP contribution in [0.1, 0.15) is 34.1 Å². The minimum atomic E-state index is -3.66. The first-order chi connectivity index (χ1) is 17.4. The first-order valence-corrected chi connectivity index (χ1v) is 13.0. The molecule has 0 aliphatic heterocycles. The fraction of sp³-hybridized carbons (Fsp3) is 0.542. The molecule has 0 fully saturated rings. The van der Waals surface area contributed by atoms with Gasteiger partial charge in [0.05, 0.1) is 24.9 Å². The molecule has 0 radical (unpaired) electrons. The van der Waals surface area contributed by atoms with Crippen LogP contribution in [0.4, 0.5) is 4.39 Å². The van der Waals surface area contributed by atoms with Gasteiger partial charge in [-0.3, -0.25) is 14.1 Å². The molecule has 0 saturated heterocycles. The van der Waals surface area contributed by atoms with Gasteiger partial charge in [0.15, 0.2) is 0 Å². The quantitative estimate of drug-likeness (QED) is 0.203. The molecule has 37 heavy (non-hydrogen) atoms. The highest BCUT2D eigenvalue weighted by Crippen LogP contribution is 2.44. The third-order valence-electron chi connectivity index (χ3n) is 4.15. The Morgan fingerprint density at radius 1 is 1.14 bits per heavy atom. The smallest absolute Gasteiger partial charge is 0.413 e. The van der Waals surface area contributed by atoms with Gasteiger partial charge < -0.3 is 29.0 Å². The van der Waals surface area contributed by atoms with Crippen LogP contribution >= 0.6 is 7.75 Å². The van der Waals surface area contributed by atoms with E-state index in [-0.39, 0.29) is 12.7 Å². The van der Waals surface area contributed by atoms with Crippen LogP contribution in [0.2, 0.25) is 0 Å². The van der Waals surface area contributed by atoms with Crippen molar-refractivity contribution in [2.75, 3.05) is 34.9 Å².